The number of fused-ring (bicyclic) bond motifs is 18. The van der Waals surface area contributed by atoms with Crippen LogP contribution in [0.15, 0.2) is 170 Å². The molecule has 10 aromatic carbocycles. The van der Waals surface area contributed by atoms with Gasteiger partial charge in [0.25, 0.3) is 0 Å². The summed E-state index contributed by atoms with van der Waals surface area (Å²) in [7, 11) is 0. The normalized spacial score (nSPS) is 12.2. The molecular weight excluding hydrogens is 577 g/mol. The second kappa shape index (κ2) is 9.64. The van der Waals surface area contributed by atoms with Crippen molar-refractivity contribution < 1.29 is 0 Å². The maximum absolute atomic E-state index is 2.46. The Kier molecular flexibility index (Phi) is 5.20. The lowest BCUT2D eigenvalue weighted by Gasteiger charge is -2.24. The minimum absolute atomic E-state index is 1.26. The molecular formula is C48H28. The Labute approximate surface area is 278 Å². The molecule has 0 amide bonds. The molecule has 0 nitrogen and oxygen atoms in total. The minimum Gasteiger partial charge on any atom is -0.0616 e. The Morgan fingerprint density at radius 3 is 0.896 bits per heavy atom. The fourth-order valence-electron chi connectivity index (χ4n) is 8.54. The Bertz CT molecular complexity index is 2790. The van der Waals surface area contributed by atoms with Gasteiger partial charge in [0, 0.05) is 0 Å². The number of hydrogen-bond acceptors (Lipinski definition) is 0. The third-order valence-corrected chi connectivity index (χ3v) is 10.8. The van der Waals surface area contributed by atoms with E-state index in [1.807, 2.05) is 0 Å². The molecule has 0 unspecified atom stereocenters. The number of rotatable bonds is 0. The molecule has 0 N–H and O–H groups in total. The molecule has 0 heteroatoms. The summed E-state index contributed by atoms with van der Waals surface area (Å²) < 4.78 is 0. The SMILES string of the molecule is c1ccc2c(c1)-c1cc3ccc4c5ccccc5ccc4c3cc1-c1ccccc1-c1cc3ccc4c5ccccc5ccc4c3cc1-2. The summed E-state index contributed by atoms with van der Waals surface area (Å²) in [6.07, 6.45) is 0. The molecule has 0 saturated heterocycles. The molecule has 11 rings (SSSR count). The molecule has 0 spiro atoms. The summed E-state index contributed by atoms with van der Waals surface area (Å²) in [4.78, 5) is 0. The van der Waals surface area contributed by atoms with E-state index in [-0.39, 0.29) is 0 Å². The van der Waals surface area contributed by atoms with E-state index >= 15 is 0 Å². The van der Waals surface area contributed by atoms with Crippen molar-refractivity contribution in [2.24, 2.45) is 0 Å². The van der Waals surface area contributed by atoms with Crippen molar-refractivity contribution in [2.45, 2.75) is 0 Å². The van der Waals surface area contributed by atoms with Crippen molar-refractivity contribution >= 4 is 64.6 Å². The summed E-state index contributed by atoms with van der Waals surface area (Å²) in [5, 5.41) is 15.5. The van der Waals surface area contributed by atoms with Gasteiger partial charge in [-0.05, 0) is 133 Å². The highest BCUT2D eigenvalue weighted by Gasteiger charge is 2.23. The predicted octanol–water partition coefficient (Wildman–Crippen LogP) is 13.6. The molecule has 0 fully saturated rings. The van der Waals surface area contributed by atoms with E-state index < -0.39 is 0 Å². The van der Waals surface area contributed by atoms with Crippen LogP contribution in [0.2, 0.25) is 0 Å². The van der Waals surface area contributed by atoms with Gasteiger partial charge in [-0.3, -0.25) is 0 Å². The maximum atomic E-state index is 2.46. The summed E-state index contributed by atoms with van der Waals surface area (Å²) in [6, 6.07) is 63.7. The van der Waals surface area contributed by atoms with Crippen molar-refractivity contribution in [1.29, 1.82) is 0 Å². The van der Waals surface area contributed by atoms with Gasteiger partial charge in [-0.25, -0.2) is 0 Å². The molecule has 0 radical (unpaired) electrons. The largest absolute Gasteiger partial charge is 0.0616 e. The van der Waals surface area contributed by atoms with Crippen LogP contribution < -0.4 is 0 Å². The van der Waals surface area contributed by atoms with Gasteiger partial charge in [0.05, 0.1) is 0 Å². The summed E-state index contributed by atoms with van der Waals surface area (Å²) in [5.74, 6) is 0. The monoisotopic (exact) mass is 604 g/mol. The first-order chi connectivity index (χ1) is 23.8. The zero-order valence-corrected chi connectivity index (χ0v) is 26.2. The van der Waals surface area contributed by atoms with Crippen LogP contribution in [0.5, 0.6) is 0 Å². The predicted molar refractivity (Wildman–Crippen MR) is 207 cm³/mol. The molecule has 220 valence electrons. The van der Waals surface area contributed by atoms with Crippen LogP contribution in [-0.2, 0) is 0 Å². The Morgan fingerprint density at radius 2 is 0.479 bits per heavy atom. The van der Waals surface area contributed by atoms with Gasteiger partial charge in [0.2, 0.25) is 0 Å². The molecule has 0 saturated carbocycles. The van der Waals surface area contributed by atoms with Gasteiger partial charge in [0.1, 0.15) is 0 Å². The van der Waals surface area contributed by atoms with E-state index in [9.17, 15) is 0 Å². The lowest BCUT2D eigenvalue weighted by molar-refractivity contribution is 1.55. The zero-order valence-electron chi connectivity index (χ0n) is 26.2. The Hall–Kier alpha value is -6.24. The molecule has 48 heavy (non-hydrogen) atoms. The van der Waals surface area contributed by atoms with Gasteiger partial charge in [0.15, 0.2) is 0 Å². The van der Waals surface area contributed by atoms with Crippen LogP contribution in [0, 0.1) is 0 Å². The van der Waals surface area contributed by atoms with Gasteiger partial charge in [-0.1, -0.05) is 146 Å². The highest BCUT2D eigenvalue weighted by Crippen LogP contribution is 2.50. The van der Waals surface area contributed by atoms with E-state index in [0.29, 0.717) is 0 Å². The van der Waals surface area contributed by atoms with Gasteiger partial charge >= 0.3 is 0 Å². The summed E-state index contributed by atoms with van der Waals surface area (Å²) in [6.45, 7) is 0. The first kappa shape index (κ1) is 25.9. The van der Waals surface area contributed by atoms with Crippen LogP contribution in [-0.4, -0.2) is 0 Å². The van der Waals surface area contributed by atoms with E-state index in [1.54, 1.807) is 0 Å². The molecule has 0 aliphatic heterocycles. The molecule has 0 aromatic heterocycles. The molecule has 0 heterocycles. The topological polar surface area (TPSA) is 0 Å². The van der Waals surface area contributed by atoms with Crippen LogP contribution in [0.4, 0.5) is 0 Å². The number of benzene rings is 10. The second-order valence-corrected chi connectivity index (χ2v) is 13.2. The third kappa shape index (κ3) is 3.55. The third-order valence-electron chi connectivity index (χ3n) is 10.8. The van der Waals surface area contributed by atoms with E-state index in [4.69, 9.17) is 0 Å². The second-order valence-electron chi connectivity index (χ2n) is 13.2. The standard InChI is InChI=1S/C48H28/c1-3-11-33-29(9-1)17-21-41-39(33)23-19-31-25-45-36-14-6-8-16-38(36)48-28-44-32(20-24-40-34-12-4-2-10-30(34)18-22-42(40)44)26-46(48)35-13-5-7-15-37(35)47(45)27-43(31)41/h1-28H. The van der Waals surface area contributed by atoms with Crippen molar-refractivity contribution in [1.82, 2.24) is 0 Å². The Morgan fingerprint density at radius 1 is 0.167 bits per heavy atom. The fourth-order valence-corrected chi connectivity index (χ4v) is 8.54. The smallest absolute Gasteiger partial charge is 0.00923 e. The lowest BCUT2D eigenvalue weighted by atomic mass is 9.79. The summed E-state index contributed by atoms with van der Waals surface area (Å²) >= 11 is 0. The maximum Gasteiger partial charge on any atom is -0.00923 e. The van der Waals surface area contributed by atoms with Crippen molar-refractivity contribution in [3.63, 3.8) is 0 Å². The van der Waals surface area contributed by atoms with Gasteiger partial charge in [-0.15, -0.1) is 0 Å². The first-order valence-corrected chi connectivity index (χ1v) is 16.8. The average Bonchev–Trinajstić information content (AvgIpc) is 3.16. The molecule has 1 aliphatic carbocycles. The van der Waals surface area contributed by atoms with Crippen LogP contribution in [0.25, 0.3) is 109 Å². The molecule has 1 aliphatic rings. The highest BCUT2D eigenvalue weighted by atomic mass is 14.3. The van der Waals surface area contributed by atoms with Crippen molar-refractivity contribution in [2.75, 3.05) is 0 Å². The highest BCUT2D eigenvalue weighted by molar-refractivity contribution is 6.21. The fraction of sp³-hybridized carbons (Fsp3) is 0. The summed E-state index contributed by atoms with van der Waals surface area (Å²) in [5.41, 5.74) is 10.2. The minimum atomic E-state index is 1.26. The zero-order chi connectivity index (χ0) is 31.3. The van der Waals surface area contributed by atoms with Gasteiger partial charge in [-0.2, -0.15) is 0 Å². The first-order valence-electron chi connectivity index (χ1n) is 16.8. The van der Waals surface area contributed by atoms with Gasteiger partial charge < -0.3 is 0 Å². The lowest BCUT2D eigenvalue weighted by Crippen LogP contribution is -1.98. The average molecular weight is 605 g/mol. The van der Waals surface area contributed by atoms with Crippen molar-refractivity contribution in [3.05, 3.63) is 170 Å². The Balaban J connectivity index is 1.26. The van der Waals surface area contributed by atoms with Crippen molar-refractivity contribution in [3.8, 4) is 44.5 Å². The van der Waals surface area contributed by atoms with E-state index in [2.05, 4.69) is 170 Å². The molecule has 0 bridgehead atoms. The molecule has 10 aromatic rings. The van der Waals surface area contributed by atoms with Crippen LogP contribution >= 0.6 is 0 Å². The number of hydrogen-bond donors (Lipinski definition) is 0. The van der Waals surface area contributed by atoms with E-state index in [0.717, 1.165) is 0 Å². The van der Waals surface area contributed by atoms with Crippen LogP contribution in [0.3, 0.4) is 0 Å². The molecule has 0 atom stereocenters. The quantitative estimate of drug-likeness (QED) is 0.151. The van der Waals surface area contributed by atoms with Crippen LogP contribution in [0.1, 0.15) is 0 Å². The van der Waals surface area contributed by atoms with E-state index in [1.165, 1.54) is 109 Å².